The summed E-state index contributed by atoms with van der Waals surface area (Å²) < 4.78 is 13.2. The highest BCUT2D eigenvalue weighted by Crippen LogP contribution is 2.31. The Morgan fingerprint density at radius 2 is 2.18 bits per heavy atom. The maximum atomic E-state index is 13.2. The summed E-state index contributed by atoms with van der Waals surface area (Å²) in [5.41, 5.74) is 6.82. The van der Waals surface area contributed by atoms with E-state index in [1.54, 1.807) is 0 Å². The molecule has 1 amide bonds. The maximum Gasteiger partial charge on any atom is 0.240 e. The minimum atomic E-state index is -0.384. The molecule has 1 unspecified atom stereocenters. The molecule has 0 aromatic heterocycles. The van der Waals surface area contributed by atoms with Crippen molar-refractivity contribution in [2.75, 3.05) is 5.32 Å². The lowest BCUT2D eigenvalue weighted by atomic mass is 9.79. The third-order valence-electron chi connectivity index (χ3n) is 3.29. The van der Waals surface area contributed by atoms with Crippen LogP contribution in [0.15, 0.2) is 18.2 Å². The fraction of sp³-hybridized carbons (Fsp3) is 0.462. The predicted molar refractivity (Wildman–Crippen MR) is 65.1 cm³/mol. The number of hydrogen-bond donors (Lipinski definition) is 2. The summed E-state index contributed by atoms with van der Waals surface area (Å²) >= 11 is 0. The highest BCUT2D eigenvalue weighted by Gasteiger charge is 2.31. The van der Waals surface area contributed by atoms with Gasteiger partial charge in [0.15, 0.2) is 0 Å². The highest BCUT2D eigenvalue weighted by molar-refractivity contribution is 5.83. The molecule has 2 rings (SSSR count). The number of amides is 1. The van der Waals surface area contributed by atoms with Crippen molar-refractivity contribution in [1.82, 2.24) is 0 Å². The van der Waals surface area contributed by atoms with Crippen LogP contribution in [-0.4, -0.2) is 11.9 Å². The summed E-state index contributed by atoms with van der Waals surface area (Å²) in [6, 6.07) is 4.28. The second-order valence-electron chi connectivity index (χ2n) is 4.73. The van der Waals surface area contributed by atoms with Gasteiger partial charge in [-0.3, -0.25) is 4.79 Å². The molecule has 17 heavy (non-hydrogen) atoms. The molecule has 1 atom stereocenters. The second kappa shape index (κ2) is 4.73. The van der Waals surface area contributed by atoms with E-state index in [-0.39, 0.29) is 23.7 Å². The minimum absolute atomic E-state index is 0.288. The van der Waals surface area contributed by atoms with Crippen LogP contribution in [-0.2, 0) is 4.79 Å². The number of nitrogens with one attached hydrogen (secondary N) is 1. The molecule has 3 nitrogen and oxygen atoms in total. The Bertz CT molecular complexity index is 409. The molecule has 0 bridgehead atoms. The van der Waals surface area contributed by atoms with E-state index in [1.165, 1.54) is 12.1 Å². The second-order valence-corrected chi connectivity index (χ2v) is 4.73. The first-order valence-electron chi connectivity index (χ1n) is 5.89. The van der Waals surface area contributed by atoms with Gasteiger partial charge in [0.05, 0.1) is 0 Å². The number of hydrogen-bond acceptors (Lipinski definition) is 2. The molecule has 1 fully saturated rings. The number of primary amides is 1. The molecule has 0 spiro atoms. The van der Waals surface area contributed by atoms with E-state index in [9.17, 15) is 9.18 Å². The van der Waals surface area contributed by atoms with E-state index in [1.807, 2.05) is 13.0 Å². The summed E-state index contributed by atoms with van der Waals surface area (Å²) in [7, 11) is 0. The third-order valence-corrected chi connectivity index (χ3v) is 3.29. The molecule has 1 saturated carbocycles. The quantitative estimate of drug-likeness (QED) is 0.842. The number of rotatable bonds is 4. The van der Waals surface area contributed by atoms with E-state index in [2.05, 4.69) is 5.32 Å². The smallest absolute Gasteiger partial charge is 0.240 e. The molecular weight excluding hydrogens is 219 g/mol. The first-order valence-corrected chi connectivity index (χ1v) is 5.89. The van der Waals surface area contributed by atoms with Crippen LogP contribution in [0.3, 0.4) is 0 Å². The SMILES string of the molecule is Cc1cc(F)cc(NC(C(N)=O)C2CCC2)c1. The fourth-order valence-electron chi connectivity index (χ4n) is 2.19. The van der Waals surface area contributed by atoms with E-state index in [4.69, 9.17) is 5.73 Å². The molecule has 0 saturated heterocycles. The van der Waals surface area contributed by atoms with Gasteiger partial charge in [0.25, 0.3) is 0 Å². The first-order chi connectivity index (χ1) is 8.06. The molecule has 0 heterocycles. The maximum absolute atomic E-state index is 13.2. The molecule has 4 heteroatoms. The normalized spacial score (nSPS) is 17.3. The molecule has 1 aromatic rings. The minimum Gasteiger partial charge on any atom is -0.373 e. The average Bonchev–Trinajstić information content (AvgIpc) is 2.11. The van der Waals surface area contributed by atoms with Gasteiger partial charge in [-0.1, -0.05) is 6.42 Å². The van der Waals surface area contributed by atoms with Crippen molar-refractivity contribution in [3.63, 3.8) is 0 Å². The van der Waals surface area contributed by atoms with Crippen molar-refractivity contribution in [3.8, 4) is 0 Å². The summed E-state index contributed by atoms with van der Waals surface area (Å²) in [6.07, 6.45) is 3.15. The van der Waals surface area contributed by atoms with Crippen molar-refractivity contribution in [3.05, 3.63) is 29.6 Å². The number of anilines is 1. The highest BCUT2D eigenvalue weighted by atomic mass is 19.1. The zero-order chi connectivity index (χ0) is 12.4. The summed E-state index contributed by atoms with van der Waals surface area (Å²) in [6.45, 7) is 1.82. The van der Waals surface area contributed by atoms with Crippen LogP contribution >= 0.6 is 0 Å². The van der Waals surface area contributed by atoms with E-state index in [0.717, 1.165) is 24.8 Å². The Hall–Kier alpha value is -1.58. The lowest BCUT2D eigenvalue weighted by Gasteiger charge is -2.32. The average molecular weight is 236 g/mol. The van der Waals surface area contributed by atoms with Crippen LogP contribution in [0.4, 0.5) is 10.1 Å². The molecule has 0 aliphatic heterocycles. The Kier molecular flexibility index (Phi) is 3.31. The van der Waals surface area contributed by atoms with Crippen LogP contribution in [0, 0.1) is 18.7 Å². The first kappa shape index (κ1) is 11.9. The van der Waals surface area contributed by atoms with Crippen molar-refractivity contribution < 1.29 is 9.18 Å². The van der Waals surface area contributed by atoms with E-state index in [0.29, 0.717) is 5.69 Å². The van der Waals surface area contributed by atoms with Crippen LogP contribution in [0.5, 0.6) is 0 Å². The Balaban J connectivity index is 2.13. The van der Waals surface area contributed by atoms with Gasteiger partial charge in [-0.25, -0.2) is 4.39 Å². The van der Waals surface area contributed by atoms with Crippen molar-refractivity contribution in [1.29, 1.82) is 0 Å². The number of nitrogens with two attached hydrogens (primary N) is 1. The fourth-order valence-corrected chi connectivity index (χ4v) is 2.19. The zero-order valence-corrected chi connectivity index (χ0v) is 9.87. The summed E-state index contributed by atoms with van der Waals surface area (Å²) in [5.74, 6) is -0.378. The largest absolute Gasteiger partial charge is 0.373 e. The predicted octanol–water partition coefficient (Wildman–Crippen LogP) is 2.20. The monoisotopic (exact) mass is 236 g/mol. The Morgan fingerprint density at radius 3 is 2.65 bits per heavy atom. The van der Waals surface area contributed by atoms with Crippen LogP contribution in [0.2, 0.25) is 0 Å². The number of carbonyl (C=O) groups is 1. The molecule has 1 aliphatic rings. The summed E-state index contributed by atoms with van der Waals surface area (Å²) in [4.78, 5) is 11.4. The van der Waals surface area contributed by atoms with E-state index < -0.39 is 0 Å². The van der Waals surface area contributed by atoms with Gasteiger partial charge >= 0.3 is 0 Å². The van der Waals surface area contributed by atoms with E-state index >= 15 is 0 Å². The summed E-state index contributed by atoms with van der Waals surface area (Å²) in [5, 5.41) is 3.05. The number of aryl methyl sites for hydroxylation is 1. The van der Waals surface area contributed by atoms with Gasteiger partial charge in [0, 0.05) is 5.69 Å². The Morgan fingerprint density at radius 1 is 1.47 bits per heavy atom. The standard InChI is InChI=1S/C13H17FN2O/c1-8-5-10(14)7-11(6-8)16-12(13(15)17)9-3-2-4-9/h5-7,9,12,16H,2-4H2,1H3,(H2,15,17). The molecule has 0 radical (unpaired) electrons. The van der Waals surface area contributed by atoms with Gasteiger partial charge in [0.1, 0.15) is 11.9 Å². The third kappa shape index (κ3) is 2.75. The number of benzene rings is 1. The molecule has 1 aromatic carbocycles. The molecule has 92 valence electrons. The van der Waals surface area contributed by atoms with Crippen LogP contribution < -0.4 is 11.1 Å². The topological polar surface area (TPSA) is 55.1 Å². The number of carbonyl (C=O) groups excluding carboxylic acids is 1. The van der Waals surface area contributed by atoms with Gasteiger partial charge in [-0.2, -0.15) is 0 Å². The Labute approximate surface area is 100 Å². The number of halogens is 1. The zero-order valence-electron chi connectivity index (χ0n) is 9.87. The van der Waals surface area contributed by atoms with Crippen molar-refractivity contribution >= 4 is 11.6 Å². The van der Waals surface area contributed by atoms with Crippen molar-refractivity contribution in [2.45, 2.75) is 32.2 Å². The van der Waals surface area contributed by atoms with Crippen LogP contribution in [0.1, 0.15) is 24.8 Å². The molecular formula is C13H17FN2O. The van der Waals surface area contributed by atoms with Crippen molar-refractivity contribution in [2.24, 2.45) is 11.7 Å². The molecule has 1 aliphatic carbocycles. The van der Waals surface area contributed by atoms with Gasteiger partial charge in [-0.15, -0.1) is 0 Å². The van der Waals surface area contributed by atoms with Gasteiger partial charge < -0.3 is 11.1 Å². The van der Waals surface area contributed by atoms with Gasteiger partial charge in [-0.05, 0) is 49.4 Å². The van der Waals surface area contributed by atoms with Crippen LogP contribution in [0.25, 0.3) is 0 Å². The lowest BCUT2D eigenvalue weighted by Crippen LogP contribution is -2.44. The van der Waals surface area contributed by atoms with Gasteiger partial charge in [0.2, 0.25) is 5.91 Å². The molecule has 3 N–H and O–H groups in total. The lowest BCUT2D eigenvalue weighted by molar-refractivity contribution is -0.120.